The summed E-state index contributed by atoms with van der Waals surface area (Å²) >= 11 is 1.65. The third kappa shape index (κ3) is 3.36. The molecule has 1 heterocycles. The van der Waals surface area contributed by atoms with E-state index in [1.54, 1.807) is 11.3 Å². The fraction of sp³-hybridized carbons (Fsp3) is 0.333. The summed E-state index contributed by atoms with van der Waals surface area (Å²) in [7, 11) is 0. The Kier molecular flexibility index (Phi) is 4.39. The van der Waals surface area contributed by atoms with E-state index in [-0.39, 0.29) is 11.9 Å². The lowest BCUT2D eigenvalue weighted by Gasteiger charge is -2.17. The summed E-state index contributed by atoms with van der Waals surface area (Å²) in [6.07, 6.45) is 0. The van der Waals surface area contributed by atoms with Crippen LogP contribution in [-0.4, -0.2) is 10.9 Å². The Hall–Kier alpha value is -1.88. The first-order valence-electron chi connectivity index (χ1n) is 6.52. The second kappa shape index (κ2) is 6.05. The standard InChI is InChI=1S/C15H19N3OS/c1-9-5-6-13(18-12(4)19)7-14(9)17-11(3)15-10(2)16-8-20-15/h5-8,11,17H,1-4H3,(H,18,19). The molecule has 0 spiro atoms. The van der Waals surface area contributed by atoms with Crippen molar-refractivity contribution >= 4 is 28.6 Å². The molecular formula is C15H19N3OS. The van der Waals surface area contributed by atoms with E-state index in [1.807, 2.05) is 37.6 Å². The van der Waals surface area contributed by atoms with Gasteiger partial charge in [0.2, 0.25) is 5.91 Å². The predicted octanol–water partition coefficient (Wildman–Crippen LogP) is 3.89. The van der Waals surface area contributed by atoms with Crippen LogP contribution in [0.1, 0.15) is 36.0 Å². The summed E-state index contributed by atoms with van der Waals surface area (Å²) in [5.74, 6) is -0.0637. The molecule has 0 aliphatic rings. The van der Waals surface area contributed by atoms with Gasteiger partial charge >= 0.3 is 0 Å². The SMILES string of the molecule is CC(=O)Nc1ccc(C)c(NC(C)c2scnc2C)c1. The van der Waals surface area contributed by atoms with Crippen molar-refractivity contribution in [1.29, 1.82) is 0 Å². The van der Waals surface area contributed by atoms with Gasteiger partial charge in [-0.2, -0.15) is 0 Å². The molecule has 1 amide bonds. The van der Waals surface area contributed by atoms with Gasteiger partial charge in [-0.25, -0.2) is 4.98 Å². The number of carbonyl (C=O) groups excluding carboxylic acids is 1. The number of hydrogen-bond acceptors (Lipinski definition) is 4. The Labute approximate surface area is 123 Å². The third-order valence-corrected chi connectivity index (χ3v) is 4.22. The van der Waals surface area contributed by atoms with Crippen LogP contribution in [0.25, 0.3) is 0 Å². The highest BCUT2D eigenvalue weighted by molar-refractivity contribution is 7.09. The molecule has 5 heteroatoms. The smallest absolute Gasteiger partial charge is 0.221 e. The van der Waals surface area contributed by atoms with Gasteiger partial charge in [0.1, 0.15) is 0 Å². The molecule has 0 saturated carbocycles. The minimum absolute atomic E-state index is 0.0637. The van der Waals surface area contributed by atoms with E-state index in [9.17, 15) is 4.79 Å². The molecule has 0 aliphatic carbocycles. The summed E-state index contributed by atoms with van der Waals surface area (Å²) in [6.45, 7) is 7.69. The average Bonchev–Trinajstić information content (AvgIpc) is 2.79. The van der Waals surface area contributed by atoms with E-state index < -0.39 is 0 Å². The second-order valence-electron chi connectivity index (χ2n) is 4.88. The molecular weight excluding hydrogens is 270 g/mol. The Morgan fingerprint density at radius 1 is 1.35 bits per heavy atom. The Morgan fingerprint density at radius 2 is 2.10 bits per heavy atom. The highest BCUT2D eigenvalue weighted by Gasteiger charge is 2.12. The van der Waals surface area contributed by atoms with Crippen LogP contribution < -0.4 is 10.6 Å². The van der Waals surface area contributed by atoms with Crippen molar-refractivity contribution in [3.05, 3.63) is 39.8 Å². The number of nitrogens with one attached hydrogen (secondary N) is 2. The van der Waals surface area contributed by atoms with Gasteiger partial charge in [0.15, 0.2) is 0 Å². The van der Waals surface area contributed by atoms with Gasteiger partial charge in [-0.1, -0.05) is 6.07 Å². The van der Waals surface area contributed by atoms with E-state index >= 15 is 0 Å². The van der Waals surface area contributed by atoms with Crippen LogP contribution in [0.2, 0.25) is 0 Å². The van der Waals surface area contributed by atoms with Crippen LogP contribution in [0.15, 0.2) is 23.7 Å². The number of benzene rings is 1. The van der Waals surface area contributed by atoms with Crippen molar-refractivity contribution in [3.8, 4) is 0 Å². The molecule has 0 bridgehead atoms. The molecule has 1 atom stereocenters. The number of hydrogen-bond donors (Lipinski definition) is 2. The summed E-state index contributed by atoms with van der Waals surface area (Å²) in [6, 6.07) is 6.06. The van der Waals surface area contributed by atoms with Crippen molar-refractivity contribution in [1.82, 2.24) is 4.98 Å². The number of carbonyl (C=O) groups is 1. The molecule has 1 aromatic carbocycles. The molecule has 20 heavy (non-hydrogen) atoms. The van der Waals surface area contributed by atoms with Crippen LogP contribution in [0.5, 0.6) is 0 Å². The van der Waals surface area contributed by atoms with Gasteiger partial charge in [0.25, 0.3) is 0 Å². The fourth-order valence-electron chi connectivity index (χ4n) is 2.08. The minimum atomic E-state index is -0.0637. The zero-order valence-electron chi connectivity index (χ0n) is 12.2. The number of anilines is 2. The van der Waals surface area contributed by atoms with Crippen molar-refractivity contribution < 1.29 is 4.79 Å². The molecule has 106 valence electrons. The van der Waals surface area contributed by atoms with Crippen LogP contribution in [-0.2, 0) is 4.79 Å². The van der Waals surface area contributed by atoms with Gasteiger partial charge in [0.05, 0.1) is 17.2 Å². The highest BCUT2D eigenvalue weighted by Crippen LogP contribution is 2.28. The number of rotatable bonds is 4. The normalized spacial score (nSPS) is 12.0. The molecule has 0 radical (unpaired) electrons. The Morgan fingerprint density at radius 3 is 2.70 bits per heavy atom. The zero-order chi connectivity index (χ0) is 14.7. The van der Waals surface area contributed by atoms with Gasteiger partial charge in [-0.3, -0.25) is 4.79 Å². The Balaban J connectivity index is 2.20. The summed E-state index contributed by atoms with van der Waals surface area (Å²) in [5, 5.41) is 6.29. The molecule has 1 unspecified atom stereocenters. The quantitative estimate of drug-likeness (QED) is 0.897. The predicted molar refractivity (Wildman–Crippen MR) is 84.4 cm³/mol. The highest BCUT2D eigenvalue weighted by atomic mass is 32.1. The van der Waals surface area contributed by atoms with E-state index in [0.717, 1.165) is 22.6 Å². The first kappa shape index (κ1) is 14.5. The van der Waals surface area contributed by atoms with Crippen LogP contribution in [0.4, 0.5) is 11.4 Å². The number of amides is 1. The molecule has 2 aromatic rings. The van der Waals surface area contributed by atoms with Crippen LogP contribution in [0, 0.1) is 13.8 Å². The molecule has 0 saturated heterocycles. The molecule has 4 nitrogen and oxygen atoms in total. The number of thiazole rings is 1. The van der Waals surface area contributed by atoms with Crippen molar-refractivity contribution in [2.45, 2.75) is 33.7 Å². The maximum absolute atomic E-state index is 11.1. The number of aryl methyl sites for hydroxylation is 2. The summed E-state index contributed by atoms with van der Waals surface area (Å²) < 4.78 is 0. The fourth-order valence-corrected chi connectivity index (χ4v) is 2.89. The first-order valence-corrected chi connectivity index (χ1v) is 7.40. The van der Waals surface area contributed by atoms with E-state index in [4.69, 9.17) is 0 Å². The van der Waals surface area contributed by atoms with Crippen molar-refractivity contribution in [2.75, 3.05) is 10.6 Å². The third-order valence-electron chi connectivity index (χ3n) is 3.11. The molecule has 1 aromatic heterocycles. The van der Waals surface area contributed by atoms with Crippen LogP contribution >= 0.6 is 11.3 Å². The van der Waals surface area contributed by atoms with Gasteiger partial charge < -0.3 is 10.6 Å². The van der Waals surface area contributed by atoms with E-state index in [2.05, 4.69) is 22.5 Å². The topological polar surface area (TPSA) is 54.0 Å². The first-order chi connectivity index (χ1) is 9.47. The lowest BCUT2D eigenvalue weighted by atomic mass is 10.1. The van der Waals surface area contributed by atoms with Gasteiger partial charge in [-0.05, 0) is 38.5 Å². The average molecular weight is 289 g/mol. The monoisotopic (exact) mass is 289 g/mol. The minimum Gasteiger partial charge on any atom is -0.377 e. The molecule has 2 rings (SSSR count). The molecule has 0 fully saturated rings. The summed E-state index contributed by atoms with van der Waals surface area (Å²) in [4.78, 5) is 16.6. The maximum atomic E-state index is 11.1. The number of nitrogens with zero attached hydrogens (tertiary/aromatic N) is 1. The van der Waals surface area contributed by atoms with E-state index in [1.165, 1.54) is 11.8 Å². The molecule has 2 N–H and O–H groups in total. The maximum Gasteiger partial charge on any atom is 0.221 e. The van der Waals surface area contributed by atoms with Crippen molar-refractivity contribution in [2.24, 2.45) is 0 Å². The largest absolute Gasteiger partial charge is 0.377 e. The summed E-state index contributed by atoms with van der Waals surface area (Å²) in [5.41, 5.74) is 5.90. The van der Waals surface area contributed by atoms with Crippen LogP contribution in [0.3, 0.4) is 0 Å². The second-order valence-corrected chi connectivity index (χ2v) is 5.77. The lowest BCUT2D eigenvalue weighted by molar-refractivity contribution is -0.114. The molecule has 0 aliphatic heterocycles. The van der Waals surface area contributed by atoms with Gasteiger partial charge in [-0.15, -0.1) is 11.3 Å². The zero-order valence-corrected chi connectivity index (χ0v) is 13.0. The van der Waals surface area contributed by atoms with Crippen molar-refractivity contribution in [3.63, 3.8) is 0 Å². The van der Waals surface area contributed by atoms with E-state index in [0.29, 0.717) is 0 Å². The Bertz CT molecular complexity index is 621. The van der Waals surface area contributed by atoms with Gasteiger partial charge in [0, 0.05) is 23.2 Å². The lowest BCUT2D eigenvalue weighted by Crippen LogP contribution is -2.09. The number of aromatic nitrogens is 1.